The third-order valence-corrected chi connectivity index (χ3v) is 7.86. The Kier molecular flexibility index (Phi) is 8.78. The molecular weight excluding hydrogens is 550 g/mol. The molecule has 0 aliphatic carbocycles. The van der Waals surface area contributed by atoms with E-state index in [1.54, 1.807) is 12.0 Å². The number of thioether (sulfide) groups is 1. The van der Waals surface area contributed by atoms with Gasteiger partial charge in [-0.2, -0.15) is 5.10 Å². The highest BCUT2D eigenvalue weighted by atomic mass is 35.5. The van der Waals surface area contributed by atoms with Crippen LogP contribution in [0, 0.1) is 0 Å². The normalized spacial score (nSPS) is 14.4. The number of aromatic nitrogens is 2. The molecule has 0 saturated carbocycles. The number of rotatable bonds is 10. The molecule has 1 aromatic heterocycles. The number of amides is 1. The molecule has 9 heteroatoms. The minimum absolute atomic E-state index is 0.101. The summed E-state index contributed by atoms with van der Waals surface area (Å²) in [6, 6.07) is 25.2. The van der Waals surface area contributed by atoms with Crippen LogP contribution in [-0.4, -0.2) is 45.2 Å². The number of ether oxygens (including phenoxy) is 2. The van der Waals surface area contributed by atoms with Crippen molar-refractivity contribution in [2.75, 3.05) is 20.3 Å². The van der Waals surface area contributed by atoms with Gasteiger partial charge in [0.15, 0.2) is 0 Å². The van der Waals surface area contributed by atoms with E-state index in [2.05, 4.69) is 0 Å². The molecule has 0 N–H and O–H groups in total. The Labute approximate surface area is 242 Å². The van der Waals surface area contributed by atoms with Crippen LogP contribution in [0.5, 0.6) is 5.75 Å². The molecular formula is C30H26ClN3O3S2. The van der Waals surface area contributed by atoms with Gasteiger partial charge in [-0.1, -0.05) is 84.1 Å². The maximum atomic E-state index is 13.2. The Bertz CT molecular complexity index is 1520. The predicted octanol–water partition coefficient (Wildman–Crippen LogP) is 7.01. The molecule has 1 fully saturated rings. The van der Waals surface area contributed by atoms with Gasteiger partial charge in [0, 0.05) is 48.2 Å². The second-order valence-electron chi connectivity index (χ2n) is 8.80. The first kappa shape index (κ1) is 27.1. The Balaban J connectivity index is 1.47. The Morgan fingerprint density at radius 2 is 1.85 bits per heavy atom. The summed E-state index contributed by atoms with van der Waals surface area (Å²) in [6.45, 7) is 1.44. The number of para-hydroxylation sites is 1. The summed E-state index contributed by atoms with van der Waals surface area (Å²) in [7, 11) is 1.65. The molecule has 4 aromatic rings. The summed E-state index contributed by atoms with van der Waals surface area (Å²) in [6.07, 6.45) is 4.52. The molecule has 1 aliphatic heterocycles. The summed E-state index contributed by atoms with van der Waals surface area (Å²) in [5.74, 6) is 0.591. The molecule has 1 amide bonds. The number of hydrogen-bond acceptors (Lipinski definition) is 6. The van der Waals surface area contributed by atoms with E-state index in [0.717, 1.165) is 28.1 Å². The molecule has 198 valence electrons. The van der Waals surface area contributed by atoms with Crippen molar-refractivity contribution in [1.29, 1.82) is 0 Å². The summed E-state index contributed by atoms with van der Waals surface area (Å²) >= 11 is 13.1. The van der Waals surface area contributed by atoms with Crippen molar-refractivity contribution >= 4 is 51.9 Å². The lowest BCUT2D eigenvalue weighted by atomic mass is 10.1. The van der Waals surface area contributed by atoms with Crippen molar-refractivity contribution in [3.63, 3.8) is 0 Å². The van der Waals surface area contributed by atoms with Crippen LogP contribution in [0.15, 0.2) is 90.0 Å². The van der Waals surface area contributed by atoms with E-state index in [1.165, 1.54) is 11.8 Å². The largest absolute Gasteiger partial charge is 0.489 e. The first-order valence-electron chi connectivity index (χ1n) is 12.4. The van der Waals surface area contributed by atoms with Crippen molar-refractivity contribution < 1.29 is 14.3 Å². The van der Waals surface area contributed by atoms with E-state index in [0.29, 0.717) is 46.2 Å². The summed E-state index contributed by atoms with van der Waals surface area (Å²) < 4.78 is 13.6. The van der Waals surface area contributed by atoms with E-state index >= 15 is 0 Å². The van der Waals surface area contributed by atoms with Gasteiger partial charge in [-0.25, -0.2) is 4.68 Å². The molecule has 1 aliphatic rings. The van der Waals surface area contributed by atoms with Crippen molar-refractivity contribution in [2.45, 2.75) is 13.0 Å². The number of hydrogen-bond donors (Lipinski definition) is 0. The van der Waals surface area contributed by atoms with Crippen LogP contribution in [0.1, 0.15) is 17.5 Å². The zero-order valence-corrected chi connectivity index (χ0v) is 23.6. The average Bonchev–Trinajstić information content (AvgIpc) is 3.49. The van der Waals surface area contributed by atoms with E-state index in [4.69, 9.17) is 38.4 Å². The maximum Gasteiger partial charge on any atom is 0.266 e. The highest BCUT2D eigenvalue weighted by Crippen LogP contribution is 2.35. The lowest BCUT2D eigenvalue weighted by molar-refractivity contribution is -0.122. The molecule has 0 atom stereocenters. The number of carbonyl (C=O) groups excluding carboxylic acids is 1. The number of nitrogens with zero attached hydrogens (tertiary/aromatic N) is 3. The third-order valence-electron chi connectivity index (χ3n) is 6.11. The topological polar surface area (TPSA) is 56.6 Å². The van der Waals surface area contributed by atoms with E-state index in [9.17, 15) is 4.79 Å². The molecule has 1 saturated heterocycles. The Morgan fingerprint density at radius 1 is 1.05 bits per heavy atom. The summed E-state index contributed by atoms with van der Waals surface area (Å²) in [5, 5.41) is 5.57. The first-order chi connectivity index (χ1) is 19.0. The van der Waals surface area contributed by atoms with E-state index < -0.39 is 0 Å². The summed E-state index contributed by atoms with van der Waals surface area (Å²) in [4.78, 5) is 15.4. The molecule has 0 unspecified atom stereocenters. The van der Waals surface area contributed by atoms with E-state index in [-0.39, 0.29) is 5.91 Å². The second-order valence-corrected chi connectivity index (χ2v) is 10.9. The van der Waals surface area contributed by atoms with E-state index in [1.807, 2.05) is 95.8 Å². The molecule has 5 rings (SSSR count). The maximum absolute atomic E-state index is 13.2. The molecule has 0 radical (unpaired) electrons. The average molecular weight is 576 g/mol. The fourth-order valence-corrected chi connectivity index (χ4v) is 5.63. The van der Waals surface area contributed by atoms with Crippen LogP contribution < -0.4 is 4.74 Å². The molecule has 39 heavy (non-hydrogen) atoms. The number of halogens is 1. The van der Waals surface area contributed by atoms with Crippen LogP contribution in [0.4, 0.5) is 0 Å². The standard InChI is InChI=1S/C30H26ClN3O3S2/c1-36-16-8-15-33-29(35)27(39-30(33)38)18-23-19-34(24-11-3-2-4-12-24)32-28(23)21-10-7-13-25(17-21)37-20-22-9-5-6-14-26(22)31/h2-7,9-14,17-19H,8,15-16,20H2,1H3. The molecule has 2 heterocycles. The molecule has 0 bridgehead atoms. The monoisotopic (exact) mass is 575 g/mol. The van der Waals surface area contributed by atoms with Crippen molar-refractivity contribution in [3.05, 3.63) is 106 Å². The highest BCUT2D eigenvalue weighted by Gasteiger charge is 2.32. The molecule has 3 aromatic carbocycles. The predicted molar refractivity (Wildman–Crippen MR) is 161 cm³/mol. The van der Waals surface area contributed by atoms with Gasteiger partial charge >= 0.3 is 0 Å². The van der Waals surface area contributed by atoms with Crippen LogP contribution in [-0.2, 0) is 16.1 Å². The fourth-order valence-electron chi connectivity index (χ4n) is 4.14. The molecule has 0 spiro atoms. The zero-order chi connectivity index (χ0) is 27.2. The lowest BCUT2D eigenvalue weighted by Gasteiger charge is -2.13. The Hall–Kier alpha value is -3.43. The quantitative estimate of drug-likeness (QED) is 0.115. The van der Waals surface area contributed by atoms with Gasteiger partial charge in [0.05, 0.1) is 10.6 Å². The van der Waals surface area contributed by atoms with Crippen molar-refractivity contribution in [2.24, 2.45) is 0 Å². The van der Waals surface area contributed by atoms with Gasteiger partial charge in [0.25, 0.3) is 5.91 Å². The molecule has 6 nitrogen and oxygen atoms in total. The van der Waals surface area contributed by atoms with Crippen LogP contribution in [0.2, 0.25) is 5.02 Å². The smallest absolute Gasteiger partial charge is 0.266 e. The minimum Gasteiger partial charge on any atom is -0.489 e. The highest BCUT2D eigenvalue weighted by molar-refractivity contribution is 8.26. The van der Waals surface area contributed by atoms with Gasteiger partial charge < -0.3 is 9.47 Å². The SMILES string of the molecule is COCCCN1C(=O)C(=Cc2cn(-c3ccccc3)nc2-c2cccc(OCc3ccccc3Cl)c2)SC1=S. The second kappa shape index (κ2) is 12.6. The van der Waals surface area contributed by atoms with Gasteiger partial charge in [-0.15, -0.1) is 0 Å². The van der Waals surface area contributed by atoms with Gasteiger partial charge in [0.1, 0.15) is 22.4 Å². The van der Waals surface area contributed by atoms with Gasteiger partial charge in [0.2, 0.25) is 0 Å². The van der Waals surface area contributed by atoms with Crippen LogP contribution >= 0.6 is 35.6 Å². The van der Waals surface area contributed by atoms with Gasteiger partial charge in [-0.05, 0) is 42.8 Å². The first-order valence-corrected chi connectivity index (χ1v) is 14.0. The lowest BCUT2D eigenvalue weighted by Crippen LogP contribution is -2.29. The number of thiocarbonyl (C=S) groups is 1. The van der Waals surface area contributed by atoms with Crippen LogP contribution in [0.25, 0.3) is 23.0 Å². The minimum atomic E-state index is -0.101. The van der Waals surface area contributed by atoms with Crippen molar-refractivity contribution in [3.8, 4) is 22.7 Å². The number of methoxy groups -OCH3 is 1. The van der Waals surface area contributed by atoms with Crippen LogP contribution in [0.3, 0.4) is 0 Å². The third kappa shape index (κ3) is 6.42. The zero-order valence-electron chi connectivity index (χ0n) is 21.2. The van der Waals surface area contributed by atoms with Gasteiger partial charge in [-0.3, -0.25) is 9.69 Å². The number of carbonyl (C=O) groups is 1. The van der Waals surface area contributed by atoms with Crippen molar-refractivity contribution in [1.82, 2.24) is 14.7 Å². The Morgan fingerprint density at radius 3 is 2.64 bits per heavy atom. The summed E-state index contributed by atoms with van der Waals surface area (Å²) in [5.41, 5.74) is 4.22. The fraction of sp³-hybridized carbons (Fsp3) is 0.167. The number of benzene rings is 3.